The molecule has 12 heteroatoms. The lowest BCUT2D eigenvalue weighted by molar-refractivity contribution is -0.121. The summed E-state index contributed by atoms with van der Waals surface area (Å²) in [6, 6.07) is 14.4. The molecular weight excluding hydrogens is 535 g/mol. The van der Waals surface area contributed by atoms with Crippen molar-refractivity contribution < 1.29 is 27.1 Å². The molecule has 4 rings (SSSR count). The Balaban J connectivity index is 1.54. The first-order valence-electron chi connectivity index (χ1n) is 11.6. The van der Waals surface area contributed by atoms with E-state index in [0.717, 1.165) is 12.3 Å². The van der Waals surface area contributed by atoms with Gasteiger partial charge in [0.1, 0.15) is 17.6 Å². The molecule has 200 valence electrons. The number of ether oxygens (including phenoxy) is 1. The number of rotatable bonds is 7. The second-order valence-electron chi connectivity index (χ2n) is 8.71. The summed E-state index contributed by atoms with van der Waals surface area (Å²) in [6.45, 7) is 0.409. The Hall–Kier alpha value is -3.83. The number of benzene rings is 3. The number of nitrogens with one attached hydrogen (secondary N) is 3. The fraction of sp³-hybridized carbons (Fsp3) is 0.231. The second-order valence-corrected chi connectivity index (χ2v) is 10.9. The highest BCUT2D eigenvalue weighted by atomic mass is 35.5. The fourth-order valence-electron chi connectivity index (χ4n) is 4.25. The Labute approximate surface area is 225 Å². The van der Waals surface area contributed by atoms with Crippen molar-refractivity contribution in [3.8, 4) is 16.9 Å². The van der Waals surface area contributed by atoms with Crippen molar-refractivity contribution in [1.29, 1.82) is 0 Å². The molecule has 0 unspecified atom stereocenters. The van der Waals surface area contributed by atoms with Crippen molar-refractivity contribution in [1.82, 2.24) is 5.32 Å². The third-order valence-electron chi connectivity index (χ3n) is 5.93. The van der Waals surface area contributed by atoms with Crippen LogP contribution < -0.4 is 25.0 Å². The quantitative estimate of drug-likeness (QED) is 0.382. The number of sulfonamides is 1. The molecule has 3 aromatic rings. The zero-order valence-corrected chi connectivity index (χ0v) is 22.2. The van der Waals surface area contributed by atoms with Crippen LogP contribution in [-0.2, 0) is 14.8 Å². The van der Waals surface area contributed by atoms with Gasteiger partial charge in [-0.25, -0.2) is 17.6 Å². The molecule has 1 fully saturated rings. The van der Waals surface area contributed by atoms with Gasteiger partial charge in [-0.05, 0) is 54.8 Å². The normalized spacial score (nSPS) is 15.6. The molecule has 1 heterocycles. The highest BCUT2D eigenvalue weighted by Crippen LogP contribution is 2.37. The van der Waals surface area contributed by atoms with Gasteiger partial charge in [-0.15, -0.1) is 0 Å². The van der Waals surface area contributed by atoms with Crippen LogP contribution in [-0.4, -0.2) is 46.3 Å². The number of urea groups is 1. The van der Waals surface area contributed by atoms with E-state index in [4.69, 9.17) is 16.3 Å². The minimum atomic E-state index is -3.50. The largest absolute Gasteiger partial charge is 0.495 e. The standard InChI is InChI=1S/C26H26ClFN4O5S/c1-37-24-14-16(18-6-3-4-7-20(18)31-38(2,35)36)9-12-23(24)32-13-5-8-22(25(32)33)30-26(34)29-21-11-10-17(27)15-19(21)28/h3-4,6-7,9-12,14-15,22,31H,5,8,13H2,1-2H3,(H2,29,30,34)/t22-/m1/s1. The molecule has 0 saturated carbocycles. The third-order valence-corrected chi connectivity index (χ3v) is 6.75. The number of hydrogen-bond acceptors (Lipinski definition) is 5. The van der Waals surface area contributed by atoms with E-state index in [-0.39, 0.29) is 16.6 Å². The Morgan fingerprint density at radius 2 is 1.87 bits per heavy atom. The van der Waals surface area contributed by atoms with E-state index in [1.54, 1.807) is 42.5 Å². The fourth-order valence-corrected chi connectivity index (χ4v) is 4.98. The van der Waals surface area contributed by atoms with Crippen molar-refractivity contribution in [2.75, 3.05) is 34.8 Å². The van der Waals surface area contributed by atoms with Gasteiger partial charge in [-0.3, -0.25) is 9.52 Å². The lowest BCUT2D eigenvalue weighted by Gasteiger charge is -2.33. The summed E-state index contributed by atoms with van der Waals surface area (Å²) in [5.41, 5.74) is 2.17. The third kappa shape index (κ3) is 6.35. The number of piperidine rings is 1. The Morgan fingerprint density at radius 1 is 1.11 bits per heavy atom. The summed E-state index contributed by atoms with van der Waals surface area (Å²) in [5.74, 6) is -0.631. The van der Waals surface area contributed by atoms with E-state index in [9.17, 15) is 22.4 Å². The average Bonchev–Trinajstić information content (AvgIpc) is 2.86. The molecule has 3 aromatic carbocycles. The predicted molar refractivity (Wildman–Crippen MR) is 146 cm³/mol. The van der Waals surface area contributed by atoms with Gasteiger partial charge < -0.3 is 20.3 Å². The lowest BCUT2D eigenvalue weighted by Crippen LogP contribution is -2.53. The van der Waals surface area contributed by atoms with E-state index in [1.165, 1.54) is 24.1 Å². The molecule has 0 spiro atoms. The summed E-state index contributed by atoms with van der Waals surface area (Å²) in [7, 11) is -2.02. The van der Waals surface area contributed by atoms with E-state index in [1.807, 2.05) is 0 Å². The number of carbonyl (C=O) groups excluding carboxylic acids is 2. The first-order chi connectivity index (χ1) is 18.1. The van der Waals surface area contributed by atoms with Crippen molar-refractivity contribution >= 4 is 50.6 Å². The molecule has 0 aliphatic carbocycles. The second kappa shape index (κ2) is 11.3. The van der Waals surface area contributed by atoms with Gasteiger partial charge in [-0.2, -0.15) is 0 Å². The number of methoxy groups -OCH3 is 1. The molecule has 9 nitrogen and oxygen atoms in total. The summed E-state index contributed by atoms with van der Waals surface area (Å²) in [5, 5.41) is 5.21. The van der Waals surface area contributed by atoms with Crippen molar-refractivity contribution in [2.45, 2.75) is 18.9 Å². The topological polar surface area (TPSA) is 117 Å². The average molecular weight is 561 g/mol. The van der Waals surface area contributed by atoms with Crippen molar-refractivity contribution in [3.05, 3.63) is 71.5 Å². The van der Waals surface area contributed by atoms with Gasteiger partial charge in [0.05, 0.1) is 30.4 Å². The van der Waals surface area contributed by atoms with Crippen LogP contribution in [0.2, 0.25) is 5.02 Å². The summed E-state index contributed by atoms with van der Waals surface area (Å²) in [4.78, 5) is 27.3. The van der Waals surface area contributed by atoms with Crippen LogP contribution in [0.3, 0.4) is 0 Å². The molecule has 0 bridgehead atoms. The molecule has 3 amide bonds. The molecule has 1 aliphatic heterocycles. The maximum atomic E-state index is 14.0. The summed E-state index contributed by atoms with van der Waals surface area (Å²) in [6.07, 6.45) is 2.10. The van der Waals surface area contributed by atoms with Crippen molar-refractivity contribution in [3.63, 3.8) is 0 Å². The van der Waals surface area contributed by atoms with Gasteiger partial charge >= 0.3 is 6.03 Å². The number of hydrogen-bond donors (Lipinski definition) is 3. The maximum Gasteiger partial charge on any atom is 0.319 e. The van der Waals surface area contributed by atoms with Gasteiger partial charge in [0.25, 0.3) is 0 Å². The van der Waals surface area contributed by atoms with Gasteiger partial charge in [0.15, 0.2) is 0 Å². The maximum absolute atomic E-state index is 14.0. The molecule has 38 heavy (non-hydrogen) atoms. The number of amides is 3. The van der Waals surface area contributed by atoms with E-state index < -0.39 is 27.9 Å². The minimum Gasteiger partial charge on any atom is -0.495 e. The van der Waals surface area contributed by atoms with Crippen molar-refractivity contribution in [2.24, 2.45) is 0 Å². The summed E-state index contributed by atoms with van der Waals surface area (Å²) < 4.78 is 45.7. The van der Waals surface area contributed by atoms with Crippen LogP contribution in [0.4, 0.5) is 26.2 Å². The molecule has 1 saturated heterocycles. The van der Waals surface area contributed by atoms with E-state index in [0.29, 0.717) is 47.6 Å². The van der Waals surface area contributed by atoms with E-state index >= 15 is 0 Å². The van der Waals surface area contributed by atoms with Crippen LogP contribution in [0.25, 0.3) is 11.1 Å². The molecule has 1 aliphatic rings. The number of nitrogens with zero attached hydrogens (tertiary/aromatic N) is 1. The number of halogens is 2. The molecule has 0 radical (unpaired) electrons. The molecule has 0 aromatic heterocycles. The molecule has 3 N–H and O–H groups in total. The van der Waals surface area contributed by atoms with Gasteiger partial charge in [0, 0.05) is 17.1 Å². The number of anilines is 3. The number of para-hydroxylation sites is 1. The predicted octanol–water partition coefficient (Wildman–Crippen LogP) is 4.84. The zero-order chi connectivity index (χ0) is 27.4. The van der Waals surface area contributed by atoms with E-state index in [2.05, 4.69) is 15.4 Å². The minimum absolute atomic E-state index is 0.0603. The van der Waals surface area contributed by atoms with Crippen LogP contribution in [0.1, 0.15) is 12.8 Å². The Kier molecular flexibility index (Phi) is 8.08. The highest BCUT2D eigenvalue weighted by molar-refractivity contribution is 7.92. The van der Waals surface area contributed by atoms with Crippen LogP contribution in [0.5, 0.6) is 5.75 Å². The van der Waals surface area contributed by atoms with Crippen LogP contribution in [0.15, 0.2) is 60.7 Å². The molecular formula is C26H26ClFN4O5S. The lowest BCUT2D eigenvalue weighted by atomic mass is 10.0. The Morgan fingerprint density at radius 3 is 2.58 bits per heavy atom. The Bertz CT molecular complexity index is 1480. The number of carbonyl (C=O) groups is 2. The molecule has 1 atom stereocenters. The van der Waals surface area contributed by atoms with Crippen LogP contribution in [0, 0.1) is 5.82 Å². The summed E-state index contributed by atoms with van der Waals surface area (Å²) >= 11 is 5.75. The van der Waals surface area contributed by atoms with Crippen LogP contribution >= 0.6 is 11.6 Å². The zero-order valence-electron chi connectivity index (χ0n) is 20.6. The monoisotopic (exact) mass is 560 g/mol. The smallest absolute Gasteiger partial charge is 0.319 e. The highest BCUT2D eigenvalue weighted by Gasteiger charge is 2.32. The first kappa shape index (κ1) is 27.2. The SMILES string of the molecule is COc1cc(-c2ccccc2NS(C)(=O)=O)ccc1N1CCC[C@@H](NC(=O)Nc2ccc(Cl)cc2F)C1=O. The van der Waals surface area contributed by atoms with Gasteiger partial charge in [0.2, 0.25) is 15.9 Å². The first-order valence-corrected chi connectivity index (χ1v) is 13.9. The van der Waals surface area contributed by atoms with Gasteiger partial charge in [-0.1, -0.05) is 35.9 Å².